The first-order valence-corrected chi connectivity index (χ1v) is 16.6. The number of rotatable bonds is 9. The number of ether oxygens (including phenoxy) is 3. The van der Waals surface area contributed by atoms with Crippen molar-refractivity contribution in [1.82, 2.24) is 9.80 Å². The molecule has 0 aromatic heterocycles. The van der Waals surface area contributed by atoms with E-state index < -0.39 is 6.04 Å². The van der Waals surface area contributed by atoms with Crippen LogP contribution in [0.15, 0.2) is 84.1 Å². The number of carbonyl (C=O) groups excluding carboxylic acids is 2. The van der Waals surface area contributed by atoms with Crippen LogP contribution in [0, 0.1) is 5.41 Å². The second-order valence-electron chi connectivity index (χ2n) is 13.4. The highest BCUT2D eigenvalue weighted by Crippen LogP contribution is 2.52. The van der Waals surface area contributed by atoms with E-state index in [0.29, 0.717) is 48.8 Å². The van der Waals surface area contributed by atoms with E-state index in [9.17, 15) is 9.59 Å². The first-order valence-electron chi connectivity index (χ1n) is 16.6. The van der Waals surface area contributed by atoms with Gasteiger partial charge in [-0.2, -0.15) is 0 Å². The lowest BCUT2D eigenvalue weighted by Gasteiger charge is -2.40. The summed E-state index contributed by atoms with van der Waals surface area (Å²) in [6.45, 7) is 8.02. The second kappa shape index (κ2) is 14.2. The SMILES string of the molecule is COc1ccc(C2C3=C(CC(C)(C)CC3=O)Nc3ccccc3N2CC(=O)N2CCN(C/C=C/c3ccccc3)CC2)c(OC)c1OC. The standard InChI is InChI=1S/C39H46N4O5/c1-39(2)24-30-35(32(44)25-39)36(28-17-18-33(46-3)38(48-5)37(28)47-4)43(31-16-10-9-15-29(31)40-30)26-34(45)42-22-20-41(21-23-42)19-11-14-27-12-7-6-8-13-27/h6-18,36,40H,19-26H2,1-5H3/b14-11+. The molecule has 0 bridgehead atoms. The quantitative estimate of drug-likeness (QED) is 0.294. The Labute approximate surface area is 283 Å². The van der Waals surface area contributed by atoms with Crippen LogP contribution in [-0.2, 0) is 9.59 Å². The largest absolute Gasteiger partial charge is 0.493 e. The Morgan fingerprint density at radius 1 is 0.875 bits per heavy atom. The van der Waals surface area contributed by atoms with E-state index in [2.05, 4.69) is 53.2 Å². The number of hydrogen-bond donors (Lipinski definition) is 1. The first kappa shape index (κ1) is 33.2. The lowest BCUT2D eigenvalue weighted by atomic mass is 9.73. The number of nitrogens with one attached hydrogen (secondary N) is 1. The number of benzene rings is 3. The zero-order chi connectivity index (χ0) is 33.8. The Kier molecular flexibility index (Phi) is 9.78. The molecule has 6 rings (SSSR count). The summed E-state index contributed by atoms with van der Waals surface area (Å²) in [4.78, 5) is 34.9. The van der Waals surface area contributed by atoms with Gasteiger partial charge in [0.1, 0.15) is 0 Å². The van der Waals surface area contributed by atoms with Crippen molar-refractivity contribution in [2.75, 3.05) is 70.8 Å². The molecule has 1 amide bonds. The van der Waals surface area contributed by atoms with Crippen molar-refractivity contribution in [3.63, 3.8) is 0 Å². The molecular weight excluding hydrogens is 604 g/mol. The number of para-hydroxylation sites is 2. The van der Waals surface area contributed by atoms with Gasteiger partial charge >= 0.3 is 0 Å². The monoisotopic (exact) mass is 650 g/mol. The molecule has 1 saturated heterocycles. The number of allylic oxidation sites excluding steroid dienone is 1. The van der Waals surface area contributed by atoms with Gasteiger partial charge in [0.05, 0.1) is 45.3 Å². The number of Topliss-reactive ketones (excluding diaryl/α,β-unsaturated/α-hetero) is 1. The molecule has 0 radical (unpaired) electrons. The number of amides is 1. The number of nitrogens with zero attached hydrogens (tertiary/aromatic N) is 3. The molecule has 9 heteroatoms. The highest BCUT2D eigenvalue weighted by molar-refractivity contribution is 6.02. The van der Waals surface area contributed by atoms with Gasteiger partial charge in [0.15, 0.2) is 17.3 Å². The number of ketones is 1. The molecule has 3 aromatic rings. The zero-order valence-corrected chi connectivity index (χ0v) is 28.6. The first-order chi connectivity index (χ1) is 23.2. The molecule has 0 saturated carbocycles. The summed E-state index contributed by atoms with van der Waals surface area (Å²) in [5.41, 5.74) is 4.93. The van der Waals surface area contributed by atoms with Crippen LogP contribution in [0.5, 0.6) is 17.2 Å². The van der Waals surface area contributed by atoms with Crippen molar-refractivity contribution in [1.29, 1.82) is 0 Å². The van der Waals surface area contributed by atoms with Crippen LogP contribution < -0.4 is 24.4 Å². The van der Waals surface area contributed by atoms with E-state index in [1.165, 1.54) is 5.56 Å². The Balaban J connectivity index is 1.34. The average molecular weight is 651 g/mol. The highest BCUT2D eigenvalue weighted by Gasteiger charge is 2.43. The fraction of sp³-hybridized carbons (Fsp3) is 0.385. The summed E-state index contributed by atoms with van der Waals surface area (Å²) in [7, 11) is 4.75. The van der Waals surface area contributed by atoms with E-state index >= 15 is 0 Å². The summed E-state index contributed by atoms with van der Waals surface area (Å²) in [5.74, 6) is 1.51. The van der Waals surface area contributed by atoms with Crippen molar-refractivity contribution in [2.45, 2.75) is 32.7 Å². The van der Waals surface area contributed by atoms with Crippen LogP contribution in [0.3, 0.4) is 0 Å². The number of hydrogen-bond acceptors (Lipinski definition) is 8. The smallest absolute Gasteiger partial charge is 0.242 e. The maximum atomic E-state index is 14.2. The number of anilines is 2. The molecular formula is C39H46N4O5. The van der Waals surface area contributed by atoms with Gasteiger partial charge in [-0.1, -0.05) is 68.5 Å². The number of piperazine rings is 1. The third-order valence-electron chi connectivity index (χ3n) is 9.54. The van der Waals surface area contributed by atoms with Crippen molar-refractivity contribution in [3.05, 3.63) is 95.2 Å². The molecule has 1 unspecified atom stereocenters. The normalized spacial score (nSPS) is 19.4. The fourth-order valence-corrected chi connectivity index (χ4v) is 7.22. The summed E-state index contributed by atoms with van der Waals surface area (Å²) >= 11 is 0. The Morgan fingerprint density at radius 2 is 1.58 bits per heavy atom. The molecule has 3 aliphatic rings. The van der Waals surface area contributed by atoms with Gasteiger partial charge < -0.3 is 29.3 Å². The van der Waals surface area contributed by atoms with Crippen molar-refractivity contribution in [3.8, 4) is 17.2 Å². The third-order valence-corrected chi connectivity index (χ3v) is 9.54. The minimum absolute atomic E-state index is 0.0152. The Bertz CT molecular complexity index is 1710. The van der Waals surface area contributed by atoms with E-state index in [-0.39, 0.29) is 23.7 Å². The van der Waals surface area contributed by atoms with Crippen molar-refractivity contribution >= 4 is 29.1 Å². The minimum atomic E-state index is -0.608. The lowest BCUT2D eigenvalue weighted by molar-refractivity contribution is -0.131. The Morgan fingerprint density at radius 3 is 2.29 bits per heavy atom. The van der Waals surface area contributed by atoms with Crippen LogP contribution in [0.2, 0.25) is 0 Å². The number of fused-ring (bicyclic) bond motifs is 1. The van der Waals surface area contributed by atoms with Gasteiger partial charge in [-0.15, -0.1) is 0 Å². The maximum Gasteiger partial charge on any atom is 0.242 e. The summed E-state index contributed by atoms with van der Waals surface area (Å²) < 4.78 is 17.4. The number of carbonyl (C=O) groups is 2. The third kappa shape index (κ3) is 6.78. The molecule has 252 valence electrons. The average Bonchev–Trinajstić information content (AvgIpc) is 3.21. The number of methoxy groups -OCH3 is 3. The van der Waals surface area contributed by atoms with E-state index in [1.807, 2.05) is 59.5 Å². The van der Waals surface area contributed by atoms with Gasteiger partial charge in [0.2, 0.25) is 11.7 Å². The van der Waals surface area contributed by atoms with E-state index in [1.54, 1.807) is 21.3 Å². The molecule has 2 heterocycles. The molecule has 1 aliphatic carbocycles. The summed E-state index contributed by atoms with van der Waals surface area (Å²) in [6, 6.07) is 21.4. The van der Waals surface area contributed by atoms with Crippen LogP contribution in [0.4, 0.5) is 11.4 Å². The molecule has 1 atom stereocenters. The maximum absolute atomic E-state index is 14.2. The summed E-state index contributed by atoms with van der Waals surface area (Å²) in [6.07, 6.45) is 5.42. The predicted molar refractivity (Wildman–Crippen MR) is 190 cm³/mol. The van der Waals surface area contributed by atoms with Crippen LogP contribution in [0.1, 0.15) is 43.9 Å². The molecule has 3 aromatic carbocycles. The molecule has 0 spiro atoms. The van der Waals surface area contributed by atoms with Gasteiger partial charge in [-0.05, 0) is 41.7 Å². The van der Waals surface area contributed by atoms with Gasteiger partial charge in [-0.25, -0.2) is 0 Å². The van der Waals surface area contributed by atoms with Gasteiger partial charge in [0, 0.05) is 56.0 Å². The topological polar surface area (TPSA) is 83.6 Å². The predicted octanol–water partition coefficient (Wildman–Crippen LogP) is 6.19. The van der Waals surface area contributed by atoms with Crippen LogP contribution >= 0.6 is 0 Å². The molecule has 9 nitrogen and oxygen atoms in total. The van der Waals surface area contributed by atoms with E-state index in [4.69, 9.17) is 14.2 Å². The Hall–Kier alpha value is -4.76. The lowest BCUT2D eigenvalue weighted by Crippen LogP contribution is -2.51. The zero-order valence-electron chi connectivity index (χ0n) is 28.6. The fourth-order valence-electron chi connectivity index (χ4n) is 7.22. The van der Waals surface area contributed by atoms with Crippen molar-refractivity contribution in [2.24, 2.45) is 5.41 Å². The molecule has 1 fully saturated rings. The molecule has 1 N–H and O–H groups in total. The minimum Gasteiger partial charge on any atom is -0.493 e. The second-order valence-corrected chi connectivity index (χ2v) is 13.4. The van der Waals surface area contributed by atoms with Gasteiger partial charge in [-0.3, -0.25) is 14.5 Å². The van der Waals surface area contributed by atoms with Crippen molar-refractivity contribution < 1.29 is 23.8 Å². The molecule has 2 aliphatic heterocycles. The highest BCUT2D eigenvalue weighted by atomic mass is 16.5. The van der Waals surface area contributed by atoms with Crippen LogP contribution in [0.25, 0.3) is 6.08 Å². The summed E-state index contributed by atoms with van der Waals surface area (Å²) in [5, 5.41) is 3.64. The van der Waals surface area contributed by atoms with E-state index in [0.717, 1.165) is 42.3 Å². The molecule has 48 heavy (non-hydrogen) atoms. The van der Waals surface area contributed by atoms with Crippen LogP contribution in [-0.4, -0.2) is 82.1 Å². The van der Waals surface area contributed by atoms with Gasteiger partial charge in [0.25, 0.3) is 0 Å².